The summed E-state index contributed by atoms with van der Waals surface area (Å²) in [4.78, 5) is 12.2. The highest BCUT2D eigenvalue weighted by molar-refractivity contribution is 5.36. The van der Waals surface area contributed by atoms with Crippen molar-refractivity contribution in [3.8, 4) is 6.07 Å². The molecular formula is C12H15N7O. The maximum atomic E-state index is 12.2. The molecule has 0 radical (unpaired) electrons. The summed E-state index contributed by atoms with van der Waals surface area (Å²) >= 11 is 0. The predicted molar refractivity (Wildman–Crippen MR) is 69.9 cm³/mol. The van der Waals surface area contributed by atoms with Crippen molar-refractivity contribution in [1.82, 2.24) is 30.0 Å². The fourth-order valence-electron chi connectivity index (χ4n) is 1.87. The first-order valence-electron chi connectivity index (χ1n) is 6.32. The van der Waals surface area contributed by atoms with E-state index in [4.69, 9.17) is 5.26 Å². The molecule has 0 saturated carbocycles. The molecule has 0 N–H and O–H groups in total. The van der Waals surface area contributed by atoms with E-state index in [0.29, 0.717) is 23.6 Å². The molecular weight excluding hydrogens is 258 g/mol. The zero-order chi connectivity index (χ0) is 14.7. The number of hydrogen-bond donors (Lipinski definition) is 0. The molecule has 2 aromatic rings. The number of tetrazole rings is 1. The highest BCUT2D eigenvalue weighted by atomic mass is 16.1. The van der Waals surface area contributed by atoms with Gasteiger partial charge >= 0.3 is 0 Å². The van der Waals surface area contributed by atoms with Crippen LogP contribution in [0.1, 0.15) is 36.0 Å². The van der Waals surface area contributed by atoms with Gasteiger partial charge in [0, 0.05) is 6.54 Å². The smallest absolute Gasteiger partial charge is 0.266 e. The van der Waals surface area contributed by atoms with Gasteiger partial charge < -0.3 is 0 Å². The molecule has 0 spiro atoms. The lowest BCUT2D eigenvalue weighted by Crippen LogP contribution is -2.29. The molecule has 0 unspecified atom stereocenters. The summed E-state index contributed by atoms with van der Waals surface area (Å²) in [7, 11) is 0. The molecule has 2 heterocycles. The predicted octanol–water partition coefficient (Wildman–Crippen LogP) is 0.177. The number of nitrogens with zero attached hydrogens (tertiary/aromatic N) is 7. The molecule has 8 heteroatoms. The second-order valence-electron chi connectivity index (χ2n) is 4.48. The van der Waals surface area contributed by atoms with E-state index in [2.05, 4.69) is 20.6 Å². The van der Waals surface area contributed by atoms with E-state index >= 15 is 0 Å². The van der Waals surface area contributed by atoms with E-state index < -0.39 is 5.56 Å². The van der Waals surface area contributed by atoms with Crippen molar-refractivity contribution in [2.75, 3.05) is 0 Å². The minimum absolute atomic E-state index is 0.118. The Kier molecular flexibility index (Phi) is 3.89. The summed E-state index contributed by atoms with van der Waals surface area (Å²) in [5.74, 6) is 0.550. The first-order chi connectivity index (χ1) is 9.58. The normalized spacial score (nSPS) is 10.5. The third-order valence-electron chi connectivity index (χ3n) is 3.08. The van der Waals surface area contributed by atoms with Crippen molar-refractivity contribution in [2.45, 2.75) is 40.3 Å². The summed E-state index contributed by atoms with van der Waals surface area (Å²) in [6.07, 6.45) is 0.886. The number of aromatic nitrogens is 6. The van der Waals surface area contributed by atoms with Gasteiger partial charge in [0.2, 0.25) is 0 Å². The molecule has 0 amide bonds. The number of rotatable bonds is 4. The van der Waals surface area contributed by atoms with E-state index in [0.717, 1.165) is 6.42 Å². The van der Waals surface area contributed by atoms with Gasteiger partial charge in [0.1, 0.15) is 18.2 Å². The molecule has 0 aliphatic carbocycles. The first-order valence-corrected chi connectivity index (χ1v) is 6.32. The summed E-state index contributed by atoms with van der Waals surface area (Å²) in [6, 6.07) is 1.93. The second-order valence-corrected chi connectivity index (χ2v) is 4.48. The Hall–Kier alpha value is -2.56. The van der Waals surface area contributed by atoms with Crippen molar-refractivity contribution in [3.63, 3.8) is 0 Å². The van der Waals surface area contributed by atoms with Gasteiger partial charge in [-0.1, -0.05) is 6.92 Å². The number of aryl methyl sites for hydroxylation is 2. The van der Waals surface area contributed by atoms with Crippen molar-refractivity contribution in [2.24, 2.45) is 0 Å². The van der Waals surface area contributed by atoms with E-state index in [1.165, 1.54) is 4.68 Å². The first kappa shape index (κ1) is 13.9. The average molecular weight is 273 g/mol. The van der Waals surface area contributed by atoms with Gasteiger partial charge in [-0.3, -0.25) is 4.79 Å². The molecule has 0 bridgehead atoms. The quantitative estimate of drug-likeness (QED) is 0.787. The minimum Gasteiger partial charge on any atom is -0.266 e. The second kappa shape index (κ2) is 5.61. The molecule has 0 aliphatic heterocycles. The van der Waals surface area contributed by atoms with E-state index in [1.807, 2.05) is 13.0 Å². The van der Waals surface area contributed by atoms with Crippen LogP contribution >= 0.6 is 0 Å². The zero-order valence-corrected chi connectivity index (χ0v) is 11.7. The van der Waals surface area contributed by atoms with Gasteiger partial charge in [-0.05, 0) is 36.3 Å². The van der Waals surface area contributed by atoms with Gasteiger partial charge in [0.15, 0.2) is 5.82 Å². The van der Waals surface area contributed by atoms with Crippen LogP contribution < -0.4 is 5.56 Å². The molecule has 0 aromatic carbocycles. The molecule has 104 valence electrons. The van der Waals surface area contributed by atoms with Crippen LogP contribution in [0.4, 0.5) is 0 Å². The van der Waals surface area contributed by atoms with Crippen LogP contribution in [0.15, 0.2) is 4.79 Å². The molecule has 0 atom stereocenters. The maximum Gasteiger partial charge on any atom is 0.285 e. The highest BCUT2D eigenvalue weighted by Crippen LogP contribution is 2.05. The molecule has 20 heavy (non-hydrogen) atoms. The molecule has 0 fully saturated rings. The fraction of sp³-hybridized carbons (Fsp3) is 0.500. The Balaban J connectivity index is 2.45. The van der Waals surface area contributed by atoms with Gasteiger partial charge in [-0.15, -0.1) is 5.10 Å². The average Bonchev–Trinajstić information content (AvgIpc) is 2.85. The summed E-state index contributed by atoms with van der Waals surface area (Å²) in [5.41, 5.74) is 0.964. The van der Waals surface area contributed by atoms with Crippen LogP contribution in [0.25, 0.3) is 0 Å². The van der Waals surface area contributed by atoms with Gasteiger partial charge in [0.25, 0.3) is 5.56 Å². The number of hydrogen-bond acceptors (Lipinski definition) is 6. The maximum absolute atomic E-state index is 12.2. The fourth-order valence-corrected chi connectivity index (χ4v) is 1.87. The Morgan fingerprint density at radius 1 is 1.30 bits per heavy atom. The topological polar surface area (TPSA) is 102 Å². The summed E-state index contributed by atoms with van der Waals surface area (Å²) in [6.45, 7) is 6.32. The molecule has 8 nitrogen and oxygen atoms in total. The van der Waals surface area contributed by atoms with Crippen LogP contribution in [-0.2, 0) is 13.1 Å². The minimum atomic E-state index is -0.415. The highest BCUT2D eigenvalue weighted by Gasteiger charge is 2.14. The van der Waals surface area contributed by atoms with Crippen molar-refractivity contribution >= 4 is 0 Å². The Morgan fingerprint density at radius 3 is 2.70 bits per heavy atom. The van der Waals surface area contributed by atoms with Crippen LogP contribution in [0.5, 0.6) is 0 Å². The number of nitriles is 1. The van der Waals surface area contributed by atoms with Crippen LogP contribution in [-0.4, -0.2) is 30.0 Å². The molecule has 0 saturated heterocycles. The lowest BCUT2D eigenvalue weighted by atomic mass is 10.1. The van der Waals surface area contributed by atoms with Crippen LogP contribution in [0, 0.1) is 25.2 Å². The van der Waals surface area contributed by atoms with Crippen LogP contribution in [0.3, 0.4) is 0 Å². The van der Waals surface area contributed by atoms with E-state index in [1.54, 1.807) is 18.5 Å². The standard InChI is InChI=1S/C12H15N7O/c1-4-5-18-11(14-16-17-18)7-19-12(20)10(6-13)8(2)9(3)15-19/h4-5,7H2,1-3H3. The Bertz CT molecular complexity index is 722. The van der Waals surface area contributed by atoms with Gasteiger partial charge in [-0.25, -0.2) is 9.36 Å². The zero-order valence-electron chi connectivity index (χ0n) is 11.7. The van der Waals surface area contributed by atoms with Crippen molar-refractivity contribution in [3.05, 3.63) is 33.0 Å². The molecule has 2 aromatic heterocycles. The summed E-state index contributed by atoms with van der Waals surface area (Å²) in [5, 5.41) is 24.6. The molecule has 2 rings (SSSR count). The molecule has 0 aliphatic rings. The largest absolute Gasteiger partial charge is 0.285 e. The van der Waals surface area contributed by atoms with Crippen molar-refractivity contribution < 1.29 is 0 Å². The third-order valence-corrected chi connectivity index (χ3v) is 3.08. The monoisotopic (exact) mass is 273 g/mol. The van der Waals surface area contributed by atoms with E-state index in [-0.39, 0.29) is 12.1 Å². The SMILES string of the molecule is CCCn1nnnc1Cn1nc(C)c(C)c(C#N)c1=O. The third kappa shape index (κ3) is 2.42. The van der Waals surface area contributed by atoms with Crippen LogP contribution in [0.2, 0.25) is 0 Å². The Morgan fingerprint density at radius 2 is 2.05 bits per heavy atom. The lowest BCUT2D eigenvalue weighted by molar-refractivity contribution is 0.519. The Labute approximate surface area is 115 Å². The van der Waals surface area contributed by atoms with E-state index in [9.17, 15) is 4.79 Å². The van der Waals surface area contributed by atoms with Gasteiger partial charge in [0.05, 0.1) is 5.69 Å². The summed E-state index contributed by atoms with van der Waals surface area (Å²) < 4.78 is 2.87. The lowest BCUT2D eigenvalue weighted by Gasteiger charge is -2.08. The van der Waals surface area contributed by atoms with Gasteiger partial charge in [-0.2, -0.15) is 10.4 Å². The van der Waals surface area contributed by atoms with Crippen molar-refractivity contribution in [1.29, 1.82) is 5.26 Å².